The van der Waals surface area contributed by atoms with Crippen LogP contribution in [0.1, 0.15) is 393 Å². The van der Waals surface area contributed by atoms with Crippen molar-refractivity contribution in [2.75, 3.05) is 13.2 Å². The van der Waals surface area contributed by atoms with Gasteiger partial charge in [0.15, 0.2) is 0 Å². The first-order chi connectivity index (χ1) is 36.0. The summed E-state index contributed by atoms with van der Waals surface area (Å²) < 4.78 is 5.50. The molecule has 0 aliphatic carbocycles. The Hall–Kier alpha value is -1.14. The lowest BCUT2D eigenvalue weighted by molar-refractivity contribution is -0.143. The van der Waals surface area contributed by atoms with Crippen molar-refractivity contribution in [1.29, 1.82) is 0 Å². The van der Waals surface area contributed by atoms with Crippen LogP contribution in [-0.4, -0.2) is 47.4 Å². The summed E-state index contributed by atoms with van der Waals surface area (Å²) in [4.78, 5) is 24.5. The van der Waals surface area contributed by atoms with Crippen molar-refractivity contribution in [3.63, 3.8) is 0 Å². The fourth-order valence-corrected chi connectivity index (χ4v) is 11.0. The molecule has 0 aliphatic heterocycles. The maximum absolute atomic E-state index is 12.4. The minimum atomic E-state index is -0.658. The van der Waals surface area contributed by atoms with E-state index in [1.54, 1.807) is 0 Å². The normalized spacial score (nSPS) is 12.4. The van der Waals surface area contributed by atoms with E-state index in [9.17, 15) is 19.8 Å². The highest BCUT2D eigenvalue weighted by Gasteiger charge is 2.20. The lowest BCUT2D eigenvalue weighted by Crippen LogP contribution is -2.45. The third kappa shape index (κ3) is 60.0. The highest BCUT2D eigenvalue weighted by Crippen LogP contribution is 2.19. The van der Waals surface area contributed by atoms with Crippen molar-refractivity contribution < 1.29 is 24.5 Å². The van der Waals surface area contributed by atoms with Gasteiger partial charge in [-0.1, -0.05) is 354 Å². The summed E-state index contributed by atoms with van der Waals surface area (Å²) >= 11 is 0. The second-order valence-electron chi connectivity index (χ2n) is 23.5. The third-order valence-electron chi connectivity index (χ3n) is 16.2. The molecular weight excluding hydrogens is 899 g/mol. The Morgan fingerprint density at radius 2 is 0.562 bits per heavy atom. The molecule has 1 amide bonds. The maximum Gasteiger partial charge on any atom is 0.305 e. The number of aliphatic hydroxyl groups excluding tert-OH is 2. The van der Waals surface area contributed by atoms with Gasteiger partial charge in [0.05, 0.1) is 25.4 Å². The molecule has 0 rings (SSSR count). The van der Waals surface area contributed by atoms with Crippen molar-refractivity contribution >= 4 is 11.9 Å². The molecule has 0 saturated heterocycles. The molecule has 0 radical (unpaired) electrons. The zero-order valence-corrected chi connectivity index (χ0v) is 49.9. The largest absolute Gasteiger partial charge is 0.466 e. The van der Waals surface area contributed by atoms with E-state index >= 15 is 0 Å². The van der Waals surface area contributed by atoms with Crippen molar-refractivity contribution in [1.82, 2.24) is 5.32 Å². The molecule has 0 saturated carbocycles. The highest BCUT2D eigenvalue weighted by molar-refractivity contribution is 5.76. The highest BCUT2D eigenvalue weighted by atomic mass is 16.5. The van der Waals surface area contributed by atoms with E-state index < -0.39 is 12.1 Å². The van der Waals surface area contributed by atoms with E-state index in [4.69, 9.17) is 4.74 Å². The summed E-state index contributed by atoms with van der Waals surface area (Å²) in [7, 11) is 0. The fraction of sp³-hybridized carbons (Fsp3) is 0.970. The molecule has 0 aromatic rings. The third-order valence-corrected chi connectivity index (χ3v) is 16.2. The van der Waals surface area contributed by atoms with Gasteiger partial charge >= 0.3 is 5.97 Å². The summed E-state index contributed by atoms with van der Waals surface area (Å²) in [5.41, 5.74) is 0. The number of carbonyl (C=O) groups is 2. The van der Waals surface area contributed by atoms with Crippen molar-refractivity contribution in [2.45, 2.75) is 405 Å². The van der Waals surface area contributed by atoms with Crippen LogP contribution in [0.4, 0.5) is 0 Å². The average Bonchev–Trinajstić information content (AvgIpc) is 3.39. The van der Waals surface area contributed by atoms with Gasteiger partial charge in [0, 0.05) is 12.8 Å². The average molecular weight is 1030 g/mol. The predicted octanol–water partition coefficient (Wildman–Crippen LogP) is 21.4. The minimum Gasteiger partial charge on any atom is -0.466 e. The van der Waals surface area contributed by atoms with Gasteiger partial charge in [-0.2, -0.15) is 0 Å². The molecule has 6 heteroatoms. The number of carbonyl (C=O) groups excluding carboxylic acids is 2. The van der Waals surface area contributed by atoms with Crippen molar-refractivity contribution in [2.24, 2.45) is 0 Å². The Morgan fingerprint density at radius 3 is 0.836 bits per heavy atom. The van der Waals surface area contributed by atoms with E-state index in [-0.39, 0.29) is 18.5 Å². The van der Waals surface area contributed by atoms with Gasteiger partial charge < -0.3 is 20.3 Å². The lowest BCUT2D eigenvalue weighted by Gasteiger charge is -2.22. The van der Waals surface area contributed by atoms with Crippen LogP contribution in [0.5, 0.6) is 0 Å². The van der Waals surface area contributed by atoms with Gasteiger partial charge in [-0.3, -0.25) is 9.59 Å². The van der Waals surface area contributed by atoms with E-state index in [0.29, 0.717) is 25.9 Å². The number of nitrogens with one attached hydrogen (secondary N) is 1. The number of amides is 1. The first kappa shape index (κ1) is 71.9. The predicted molar refractivity (Wildman–Crippen MR) is 320 cm³/mol. The fourth-order valence-electron chi connectivity index (χ4n) is 11.0. The van der Waals surface area contributed by atoms with Crippen LogP contribution in [0, 0.1) is 0 Å². The van der Waals surface area contributed by atoms with E-state index in [1.165, 1.54) is 321 Å². The summed E-state index contributed by atoms with van der Waals surface area (Å²) in [6.07, 6.45) is 75.9. The quantitative estimate of drug-likeness (QED) is 0.0417. The first-order valence-corrected chi connectivity index (χ1v) is 33.8. The van der Waals surface area contributed by atoms with Crippen LogP contribution in [0.25, 0.3) is 0 Å². The van der Waals surface area contributed by atoms with Crippen molar-refractivity contribution in [3.8, 4) is 0 Å². The number of hydrogen-bond donors (Lipinski definition) is 3. The van der Waals surface area contributed by atoms with Gasteiger partial charge in [0.2, 0.25) is 5.91 Å². The second-order valence-corrected chi connectivity index (χ2v) is 23.5. The second kappa shape index (κ2) is 63.4. The van der Waals surface area contributed by atoms with Gasteiger partial charge in [-0.15, -0.1) is 0 Å². The number of aliphatic hydroxyl groups is 2. The van der Waals surface area contributed by atoms with Crippen LogP contribution in [0.3, 0.4) is 0 Å². The van der Waals surface area contributed by atoms with Gasteiger partial charge in [0.25, 0.3) is 0 Å². The topological polar surface area (TPSA) is 95.9 Å². The first-order valence-electron chi connectivity index (χ1n) is 33.8. The summed E-state index contributed by atoms with van der Waals surface area (Å²) in [6, 6.07) is -0.535. The summed E-state index contributed by atoms with van der Waals surface area (Å²) in [6.45, 7) is 4.98. The molecule has 0 aliphatic rings. The Balaban J connectivity index is 3.28. The molecule has 3 N–H and O–H groups in total. The Bertz CT molecular complexity index is 1050. The van der Waals surface area contributed by atoms with Gasteiger partial charge in [-0.05, 0) is 25.7 Å². The molecule has 0 bridgehead atoms. The SMILES string of the molecule is CCCCCCCCCCCCCCCCCCC(=O)OCCCCCCCCCCCCCCCCCCCCCCCCCCCCCCCCC(=O)NC(CO)C(O)CCCCCCCCCCCC. The molecule has 0 spiro atoms. The molecule has 2 atom stereocenters. The van der Waals surface area contributed by atoms with Crippen LogP contribution in [-0.2, 0) is 14.3 Å². The van der Waals surface area contributed by atoms with E-state index in [0.717, 1.165) is 38.5 Å². The van der Waals surface area contributed by atoms with Gasteiger partial charge in [0.1, 0.15) is 0 Å². The summed E-state index contributed by atoms with van der Waals surface area (Å²) in [5.74, 6) is -0.00582. The maximum atomic E-state index is 12.4. The molecule has 6 nitrogen and oxygen atoms in total. The molecule has 2 unspecified atom stereocenters. The molecule has 0 aromatic heterocycles. The number of rotatable bonds is 64. The number of ether oxygens (including phenoxy) is 1. The van der Waals surface area contributed by atoms with Gasteiger partial charge in [-0.25, -0.2) is 0 Å². The number of esters is 1. The minimum absolute atomic E-state index is 0.0245. The van der Waals surface area contributed by atoms with Crippen LogP contribution in [0.2, 0.25) is 0 Å². The molecule has 0 aromatic carbocycles. The number of unbranched alkanes of at least 4 members (excludes halogenated alkanes) is 53. The molecule has 73 heavy (non-hydrogen) atoms. The smallest absolute Gasteiger partial charge is 0.305 e. The lowest BCUT2D eigenvalue weighted by atomic mass is 10.0. The Labute approximate surface area is 457 Å². The van der Waals surface area contributed by atoms with Crippen LogP contribution >= 0.6 is 0 Å². The molecule has 0 heterocycles. The Kier molecular flexibility index (Phi) is 62.4. The van der Waals surface area contributed by atoms with Crippen LogP contribution in [0.15, 0.2) is 0 Å². The van der Waals surface area contributed by atoms with Crippen LogP contribution < -0.4 is 5.32 Å². The summed E-state index contributed by atoms with van der Waals surface area (Å²) in [5, 5.41) is 23.2. The standard InChI is InChI=1S/C67H133NO5/c1-3-5-7-9-11-13-15-16-17-35-38-41-45-49-53-57-61-67(72)73-62-58-54-50-46-42-39-36-33-31-29-27-25-23-21-19-18-20-22-24-26-28-30-32-34-37-40-44-48-52-56-60-66(71)68-64(63-69)65(70)59-55-51-47-43-14-12-10-8-6-4-2/h64-65,69-70H,3-63H2,1-2H3,(H,68,71). The monoisotopic (exact) mass is 1030 g/mol. The zero-order valence-electron chi connectivity index (χ0n) is 49.9. The molecular formula is C67H133NO5. The van der Waals surface area contributed by atoms with E-state index in [2.05, 4.69) is 19.2 Å². The molecule has 436 valence electrons. The number of hydrogen-bond acceptors (Lipinski definition) is 5. The zero-order chi connectivity index (χ0) is 52.9. The molecule has 0 fully saturated rings. The Morgan fingerprint density at radius 1 is 0.329 bits per heavy atom. The van der Waals surface area contributed by atoms with E-state index in [1.807, 2.05) is 0 Å². The van der Waals surface area contributed by atoms with Crippen molar-refractivity contribution in [3.05, 3.63) is 0 Å².